The molecule has 0 saturated carbocycles. The second kappa shape index (κ2) is 6.05. The average Bonchev–Trinajstić information content (AvgIpc) is 2.89. The van der Waals surface area contributed by atoms with Crippen molar-refractivity contribution in [1.82, 2.24) is 14.8 Å². The zero-order chi connectivity index (χ0) is 14.7. The predicted molar refractivity (Wildman–Crippen MR) is 76.3 cm³/mol. The van der Waals surface area contributed by atoms with Crippen LogP contribution in [-0.2, 0) is 11.8 Å². The van der Waals surface area contributed by atoms with E-state index in [9.17, 15) is 4.79 Å². The van der Waals surface area contributed by atoms with E-state index in [1.54, 1.807) is 16.8 Å². The van der Waals surface area contributed by atoms with E-state index >= 15 is 0 Å². The first-order chi connectivity index (χ1) is 10.3. The van der Waals surface area contributed by atoms with Crippen molar-refractivity contribution in [2.75, 3.05) is 13.2 Å². The third-order valence-electron chi connectivity index (χ3n) is 3.47. The van der Waals surface area contributed by atoms with E-state index in [1.807, 2.05) is 19.2 Å². The summed E-state index contributed by atoms with van der Waals surface area (Å²) in [5.74, 6) is 0.594. The van der Waals surface area contributed by atoms with Crippen molar-refractivity contribution in [3.63, 3.8) is 0 Å². The van der Waals surface area contributed by atoms with E-state index in [1.165, 1.54) is 0 Å². The fraction of sp³-hybridized carbons (Fsp3) is 0.400. The smallest absolute Gasteiger partial charge is 0.315 e. The molecule has 21 heavy (non-hydrogen) atoms. The molecule has 0 radical (unpaired) electrons. The number of rotatable bonds is 4. The monoisotopic (exact) mass is 287 g/mol. The highest BCUT2D eigenvalue weighted by atomic mass is 16.5. The van der Waals surface area contributed by atoms with Gasteiger partial charge in [0.05, 0.1) is 13.2 Å². The van der Waals surface area contributed by atoms with Crippen LogP contribution in [0.1, 0.15) is 23.2 Å². The van der Waals surface area contributed by atoms with Crippen molar-refractivity contribution in [3.05, 3.63) is 29.8 Å². The molecule has 0 N–H and O–H groups in total. The number of carbonyl (C=O) groups excluding carboxylic acids is 1. The molecule has 0 amide bonds. The Balaban J connectivity index is 1.77. The lowest BCUT2D eigenvalue weighted by Gasteiger charge is -2.22. The Bertz CT molecular complexity index is 616. The first kappa shape index (κ1) is 13.8. The molecule has 0 unspecified atom stereocenters. The van der Waals surface area contributed by atoms with Gasteiger partial charge in [-0.15, -0.1) is 5.10 Å². The Labute approximate surface area is 122 Å². The highest BCUT2D eigenvalue weighted by molar-refractivity contribution is 5.76. The number of benzene rings is 1. The van der Waals surface area contributed by atoms with E-state index in [2.05, 4.69) is 10.1 Å². The lowest BCUT2D eigenvalue weighted by atomic mass is 10.1. The molecule has 0 bridgehead atoms. The lowest BCUT2D eigenvalue weighted by molar-refractivity contribution is 0.0201. The Morgan fingerprint density at radius 3 is 2.67 bits per heavy atom. The van der Waals surface area contributed by atoms with Gasteiger partial charge in [-0.05, 0) is 0 Å². The van der Waals surface area contributed by atoms with Crippen LogP contribution in [0.2, 0.25) is 0 Å². The lowest BCUT2D eigenvalue weighted by Crippen LogP contribution is -2.26. The summed E-state index contributed by atoms with van der Waals surface area (Å²) < 4.78 is 12.8. The number of ether oxygens (including phenoxy) is 2. The molecule has 6 heteroatoms. The van der Waals surface area contributed by atoms with Crippen LogP contribution < -0.4 is 4.74 Å². The Morgan fingerprint density at radius 2 is 2.00 bits per heavy atom. The number of nitrogens with zero attached hydrogens (tertiary/aromatic N) is 3. The van der Waals surface area contributed by atoms with E-state index in [0.717, 1.165) is 37.9 Å². The molecule has 2 aromatic rings. The molecule has 1 fully saturated rings. The zero-order valence-electron chi connectivity index (χ0n) is 11.9. The van der Waals surface area contributed by atoms with Crippen LogP contribution >= 0.6 is 0 Å². The van der Waals surface area contributed by atoms with Gasteiger partial charge in [-0.2, -0.15) is 4.98 Å². The van der Waals surface area contributed by atoms with Gasteiger partial charge >= 0.3 is 6.01 Å². The molecule has 0 spiro atoms. The number of aldehydes is 1. The number of hydrogen-bond acceptors (Lipinski definition) is 5. The van der Waals surface area contributed by atoms with Gasteiger partial charge in [-0.25, -0.2) is 4.68 Å². The maximum Gasteiger partial charge on any atom is 0.315 e. The number of carbonyl (C=O) groups is 1. The van der Waals surface area contributed by atoms with Crippen molar-refractivity contribution >= 4 is 6.29 Å². The molecule has 0 atom stereocenters. The maximum absolute atomic E-state index is 10.7. The van der Waals surface area contributed by atoms with Crippen molar-refractivity contribution in [2.45, 2.75) is 18.9 Å². The minimum absolute atomic E-state index is 0.131. The fourth-order valence-electron chi connectivity index (χ4n) is 2.25. The minimum Gasteiger partial charge on any atom is -0.460 e. The Hall–Kier alpha value is -2.21. The van der Waals surface area contributed by atoms with Gasteiger partial charge in [0, 0.05) is 31.0 Å². The van der Waals surface area contributed by atoms with Gasteiger partial charge in [-0.1, -0.05) is 24.3 Å². The molecule has 1 aliphatic rings. The minimum atomic E-state index is 0.131. The topological polar surface area (TPSA) is 66.2 Å². The third-order valence-corrected chi connectivity index (χ3v) is 3.47. The summed E-state index contributed by atoms with van der Waals surface area (Å²) in [5.41, 5.74) is 1.49. The van der Waals surface area contributed by atoms with E-state index < -0.39 is 0 Å². The Kier molecular flexibility index (Phi) is 3.96. The second-order valence-corrected chi connectivity index (χ2v) is 5.01. The summed E-state index contributed by atoms with van der Waals surface area (Å²) in [5, 5.41) is 4.36. The molecule has 1 aromatic heterocycles. The van der Waals surface area contributed by atoms with E-state index in [-0.39, 0.29) is 6.10 Å². The molecule has 110 valence electrons. The van der Waals surface area contributed by atoms with Crippen LogP contribution in [0, 0.1) is 0 Å². The highest BCUT2D eigenvalue weighted by Gasteiger charge is 2.19. The molecular weight excluding hydrogens is 270 g/mol. The molecule has 1 aromatic carbocycles. The van der Waals surface area contributed by atoms with Gasteiger partial charge in [0.1, 0.15) is 12.4 Å². The zero-order valence-corrected chi connectivity index (χ0v) is 11.9. The Morgan fingerprint density at radius 1 is 1.29 bits per heavy atom. The van der Waals surface area contributed by atoms with Gasteiger partial charge in [-0.3, -0.25) is 4.79 Å². The molecule has 1 saturated heterocycles. The quantitative estimate of drug-likeness (QED) is 0.803. The fourth-order valence-corrected chi connectivity index (χ4v) is 2.25. The standard InChI is InChI=1S/C15H17N3O3/c1-18-15(21-13-6-8-20-9-7-13)16-14(17-18)12-4-2-11(10-19)3-5-12/h2-5,10,13H,6-9H2,1H3. The molecular formula is C15H17N3O3. The first-order valence-electron chi connectivity index (χ1n) is 6.97. The van der Waals surface area contributed by atoms with Gasteiger partial charge in [0.2, 0.25) is 0 Å². The van der Waals surface area contributed by atoms with Crippen molar-refractivity contribution in [2.24, 2.45) is 7.05 Å². The molecule has 6 nitrogen and oxygen atoms in total. The van der Waals surface area contributed by atoms with Crippen LogP contribution in [-0.4, -0.2) is 40.4 Å². The average molecular weight is 287 g/mol. The van der Waals surface area contributed by atoms with Gasteiger partial charge in [0.15, 0.2) is 5.82 Å². The third kappa shape index (κ3) is 3.11. The summed E-state index contributed by atoms with van der Waals surface area (Å²) in [6, 6.07) is 7.67. The highest BCUT2D eigenvalue weighted by Crippen LogP contribution is 2.21. The molecule has 0 aliphatic carbocycles. The summed E-state index contributed by atoms with van der Waals surface area (Å²) in [7, 11) is 1.81. The van der Waals surface area contributed by atoms with Crippen LogP contribution in [0.3, 0.4) is 0 Å². The molecule has 1 aliphatic heterocycles. The van der Waals surface area contributed by atoms with E-state index in [0.29, 0.717) is 17.4 Å². The predicted octanol–water partition coefficient (Wildman–Crippen LogP) is 1.85. The summed E-state index contributed by atoms with van der Waals surface area (Å²) in [4.78, 5) is 15.1. The van der Waals surface area contributed by atoms with Crippen molar-refractivity contribution < 1.29 is 14.3 Å². The van der Waals surface area contributed by atoms with Gasteiger partial charge in [0.25, 0.3) is 0 Å². The van der Waals surface area contributed by atoms with Crippen LogP contribution in [0.25, 0.3) is 11.4 Å². The number of aryl methyl sites for hydroxylation is 1. The normalized spacial score (nSPS) is 15.9. The number of aromatic nitrogens is 3. The van der Waals surface area contributed by atoms with Crippen LogP contribution in [0.15, 0.2) is 24.3 Å². The maximum atomic E-state index is 10.7. The summed E-state index contributed by atoms with van der Waals surface area (Å²) in [6.45, 7) is 1.45. The molecule has 2 heterocycles. The summed E-state index contributed by atoms with van der Waals surface area (Å²) in [6.07, 6.45) is 2.69. The number of hydrogen-bond donors (Lipinski definition) is 0. The largest absolute Gasteiger partial charge is 0.460 e. The van der Waals surface area contributed by atoms with E-state index in [4.69, 9.17) is 9.47 Å². The molecule has 3 rings (SSSR count). The van der Waals surface area contributed by atoms with Crippen LogP contribution in [0.5, 0.6) is 6.01 Å². The van der Waals surface area contributed by atoms with Crippen molar-refractivity contribution in [3.8, 4) is 17.4 Å². The summed E-state index contributed by atoms with van der Waals surface area (Å²) >= 11 is 0. The van der Waals surface area contributed by atoms with Crippen LogP contribution in [0.4, 0.5) is 0 Å². The first-order valence-corrected chi connectivity index (χ1v) is 6.97. The van der Waals surface area contributed by atoms with Gasteiger partial charge < -0.3 is 9.47 Å². The second-order valence-electron chi connectivity index (χ2n) is 5.01. The SMILES string of the molecule is Cn1nc(-c2ccc(C=O)cc2)nc1OC1CCOCC1. The van der Waals surface area contributed by atoms with Crippen molar-refractivity contribution in [1.29, 1.82) is 0 Å².